The Balaban J connectivity index is 2.20. The molecule has 5 heteroatoms. The molecular weight excluding hydrogens is 202 g/mol. The summed E-state index contributed by atoms with van der Waals surface area (Å²) in [6.07, 6.45) is 1.66. The van der Waals surface area contributed by atoms with Gasteiger partial charge >= 0.3 is 0 Å². The minimum atomic E-state index is 0.287. The molecule has 16 heavy (non-hydrogen) atoms. The maximum absolute atomic E-state index is 5.72. The van der Waals surface area contributed by atoms with Gasteiger partial charge in [-0.2, -0.15) is 4.98 Å². The van der Waals surface area contributed by atoms with Crippen LogP contribution >= 0.6 is 0 Å². The highest BCUT2D eigenvalue weighted by Crippen LogP contribution is 2.24. The van der Waals surface area contributed by atoms with Crippen molar-refractivity contribution in [1.29, 1.82) is 0 Å². The van der Waals surface area contributed by atoms with Crippen molar-refractivity contribution in [3.8, 4) is 0 Å². The summed E-state index contributed by atoms with van der Waals surface area (Å²) in [5, 5.41) is 0. The third kappa shape index (κ3) is 1.84. The molecular formula is C11H15N5. The summed E-state index contributed by atoms with van der Waals surface area (Å²) < 4.78 is 0. The van der Waals surface area contributed by atoms with Gasteiger partial charge in [-0.15, -0.1) is 0 Å². The van der Waals surface area contributed by atoms with Crippen LogP contribution in [-0.2, 0) is 0 Å². The van der Waals surface area contributed by atoms with E-state index in [1.165, 1.54) is 5.57 Å². The molecule has 0 amide bonds. The average Bonchev–Trinajstić information content (AvgIpc) is 2.60. The Morgan fingerprint density at radius 3 is 2.81 bits per heavy atom. The third-order valence-corrected chi connectivity index (χ3v) is 2.66. The summed E-state index contributed by atoms with van der Waals surface area (Å²) in [7, 11) is 0. The van der Waals surface area contributed by atoms with Gasteiger partial charge in [0, 0.05) is 25.0 Å². The third-order valence-electron chi connectivity index (χ3n) is 2.66. The molecule has 1 aliphatic rings. The van der Waals surface area contributed by atoms with Gasteiger partial charge in [-0.05, 0) is 24.1 Å². The van der Waals surface area contributed by atoms with E-state index in [0.29, 0.717) is 5.70 Å². The van der Waals surface area contributed by atoms with Crippen LogP contribution in [0, 0.1) is 0 Å². The smallest absolute Gasteiger partial charge is 0.221 e. The number of rotatable bonds is 2. The van der Waals surface area contributed by atoms with Crippen molar-refractivity contribution in [3.63, 3.8) is 0 Å². The first-order valence-corrected chi connectivity index (χ1v) is 5.05. The van der Waals surface area contributed by atoms with E-state index < -0.39 is 0 Å². The van der Waals surface area contributed by atoms with Crippen molar-refractivity contribution in [2.24, 2.45) is 5.73 Å². The number of anilines is 2. The number of aromatic nitrogens is 2. The molecule has 4 N–H and O–H groups in total. The summed E-state index contributed by atoms with van der Waals surface area (Å²) in [6.45, 7) is 7.36. The Morgan fingerprint density at radius 1 is 1.50 bits per heavy atom. The molecule has 0 bridgehead atoms. The lowest BCUT2D eigenvalue weighted by molar-refractivity contribution is 0.936. The predicted octanol–water partition coefficient (Wildman–Crippen LogP) is 0.668. The zero-order valence-electron chi connectivity index (χ0n) is 9.27. The van der Waals surface area contributed by atoms with Crippen LogP contribution < -0.4 is 16.4 Å². The highest BCUT2D eigenvalue weighted by atomic mass is 15.2. The van der Waals surface area contributed by atoms with Gasteiger partial charge in [-0.1, -0.05) is 6.58 Å². The zero-order valence-corrected chi connectivity index (χ0v) is 9.27. The fourth-order valence-corrected chi connectivity index (χ4v) is 1.84. The van der Waals surface area contributed by atoms with Crippen LogP contribution in [0.1, 0.15) is 6.92 Å². The van der Waals surface area contributed by atoms with E-state index >= 15 is 0 Å². The lowest BCUT2D eigenvalue weighted by Crippen LogP contribution is -2.22. The number of nitrogens with two attached hydrogens (primary N) is 2. The van der Waals surface area contributed by atoms with Crippen LogP contribution in [0.25, 0.3) is 0 Å². The van der Waals surface area contributed by atoms with Crippen LogP contribution in [0.15, 0.2) is 35.7 Å². The zero-order chi connectivity index (χ0) is 11.7. The number of hydrogen-bond acceptors (Lipinski definition) is 5. The van der Waals surface area contributed by atoms with Crippen LogP contribution in [0.2, 0.25) is 0 Å². The van der Waals surface area contributed by atoms with E-state index in [0.717, 1.165) is 24.5 Å². The minimum absolute atomic E-state index is 0.287. The van der Waals surface area contributed by atoms with Crippen LogP contribution in [0.4, 0.5) is 11.8 Å². The molecule has 0 spiro atoms. The van der Waals surface area contributed by atoms with Crippen LogP contribution in [-0.4, -0.2) is 23.1 Å². The summed E-state index contributed by atoms with van der Waals surface area (Å²) >= 11 is 0. The first-order valence-electron chi connectivity index (χ1n) is 5.05. The van der Waals surface area contributed by atoms with Gasteiger partial charge < -0.3 is 16.4 Å². The summed E-state index contributed by atoms with van der Waals surface area (Å²) in [6, 6.07) is 1.84. The van der Waals surface area contributed by atoms with Crippen LogP contribution in [0.5, 0.6) is 0 Å². The van der Waals surface area contributed by atoms with Crippen LogP contribution in [0.3, 0.4) is 0 Å². The maximum atomic E-state index is 5.72. The normalized spacial score (nSPS) is 15.7. The average molecular weight is 217 g/mol. The largest absolute Gasteiger partial charge is 0.399 e. The predicted molar refractivity (Wildman–Crippen MR) is 64.7 cm³/mol. The molecule has 0 atom stereocenters. The fraction of sp³-hybridized carbons (Fsp3) is 0.273. The van der Waals surface area contributed by atoms with Gasteiger partial charge in [0.15, 0.2) is 0 Å². The quantitative estimate of drug-likeness (QED) is 0.761. The standard InChI is InChI=1S/C11H15N5/c1-7-5-16(6-9(7)8(2)12)10-3-4-14-11(13)15-10/h3-4H,2,5-6,12H2,1H3,(H2,13,14,15). The summed E-state index contributed by atoms with van der Waals surface area (Å²) in [5.41, 5.74) is 14.2. The van der Waals surface area contributed by atoms with Gasteiger partial charge in [0.25, 0.3) is 0 Å². The monoisotopic (exact) mass is 217 g/mol. The molecule has 0 saturated carbocycles. The minimum Gasteiger partial charge on any atom is -0.399 e. The molecule has 2 heterocycles. The van der Waals surface area contributed by atoms with E-state index in [4.69, 9.17) is 11.5 Å². The van der Waals surface area contributed by atoms with E-state index in [1.807, 2.05) is 6.07 Å². The fourth-order valence-electron chi connectivity index (χ4n) is 1.84. The first-order chi connectivity index (χ1) is 7.58. The van der Waals surface area contributed by atoms with Gasteiger partial charge in [0.2, 0.25) is 5.95 Å². The Bertz CT molecular complexity index is 463. The van der Waals surface area contributed by atoms with E-state index in [2.05, 4.69) is 28.4 Å². The van der Waals surface area contributed by atoms with Gasteiger partial charge in [0.1, 0.15) is 5.82 Å². The highest BCUT2D eigenvalue weighted by Gasteiger charge is 2.21. The first kappa shape index (κ1) is 10.5. The second kappa shape index (κ2) is 3.84. The number of hydrogen-bond donors (Lipinski definition) is 2. The van der Waals surface area contributed by atoms with Gasteiger partial charge in [-0.3, -0.25) is 0 Å². The second-order valence-electron chi connectivity index (χ2n) is 3.91. The van der Waals surface area contributed by atoms with Crippen molar-refractivity contribution in [2.45, 2.75) is 6.92 Å². The Labute approximate surface area is 94.5 Å². The molecule has 1 aliphatic heterocycles. The van der Waals surface area contributed by atoms with Crippen molar-refractivity contribution in [2.75, 3.05) is 23.7 Å². The summed E-state index contributed by atoms with van der Waals surface area (Å²) in [5.74, 6) is 1.11. The second-order valence-corrected chi connectivity index (χ2v) is 3.91. The van der Waals surface area contributed by atoms with Crippen molar-refractivity contribution in [3.05, 3.63) is 35.7 Å². The van der Waals surface area contributed by atoms with E-state index in [1.54, 1.807) is 6.20 Å². The Kier molecular flexibility index (Phi) is 2.52. The lowest BCUT2D eigenvalue weighted by Gasteiger charge is -2.17. The highest BCUT2D eigenvalue weighted by molar-refractivity contribution is 5.51. The Hall–Kier alpha value is -2.04. The molecule has 1 aromatic heterocycles. The molecule has 1 aromatic rings. The maximum Gasteiger partial charge on any atom is 0.221 e. The van der Waals surface area contributed by atoms with E-state index in [-0.39, 0.29) is 5.95 Å². The molecule has 0 unspecified atom stereocenters. The van der Waals surface area contributed by atoms with E-state index in [9.17, 15) is 0 Å². The number of nitrogens with zero attached hydrogens (tertiary/aromatic N) is 3. The molecule has 0 fully saturated rings. The SMILES string of the molecule is C=C(N)C1=C(C)CN(c2ccnc(N)n2)C1. The molecule has 0 aliphatic carbocycles. The molecule has 0 radical (unpaired) electrons. The topological polar surface area (TPSA) is 81.1 Å². The van der Waals surface area contributed by atoms with Gasteiger partial charge in [0.05, 0.1) is 0 Å². The van der Waals surface area contributed by atoms with Crippen molar-refractivity contribution < 1.29 is 0 Å². The molecule has 84 valence electrons. The van der Waals surface area contributed by atoms with Gasteiger partial charge in [-0.25, -0.2) is 4.98 Å². The molecule has 5 nitrogen and oxygen atoms in total. The lowest BCUT2D eigenvalue weighted by atomic mass is 10.1. The van der Waals surface area contributed by atoms with Crippen molar-refractivity contribution in [1.82, 2.24) is 9.97 Å². The Morgan fingerprint density at radius 2 is 2.25 bits per heavy atom. The van der Waals surface area contributed by atoms with Crippen molar-refractivity contribution >= 4 is 11.8 Å². The molecule has 0 saturated heterocycles. The molecule has 2 rings (SSSR count). The number of nitrogen functional groups attached to an aromatic ring is 1. The summed E-state index contributed by atoms with van der Waals surface area (Å²) in [4.78, 5) is 10.1. The molecule has 0 aromatic carbocycles.